The van der Waals surface area contributed by atoms with E-state index in [0.717, 1.165) is 6.54 Å². The third kappa shape index (κ3) is 3.37. The van der Waals surface area contributed by atoms with Gasteiger partial charge in [-0.15, -0.1) is 0 Å². The van der Waals surface area contributed by atoms with Gasteiger partial charge in [-0.2, -0.15) is 0 Å². The summed E-state index contributed by atoms with van der Waals surface area (Å²) in [4.78, 5) is 2.32. The van der Waals surface area contributed by atoms with Crippen molar-refractivity contribution >= 4 is 0 Å². The Morgan fingerprint density at radius 1 is 0.800 bits per heavy atom. The average Bonchev–Trinajstić information content (AvgIpc) is 2.68. The average molecular weight is 329 g/mol. The number of rotatable bonds is 4. The van der Waals surface area contributed by atoms with Gasteiger partial charge in [0.2, 0.25) is 0 Å². The molecule has 0 amide bonds. The largest absolute Gasteiger partial charge is 0.354 e. The van der Waals surface area contributed by atoms with Crippen molar-refractivity contribution in [1.82, 2.24) is 4.90 Å². The summed E-state index contributed by atoms with van der Waals surface area (Å²) in [6.07, 6.45) is -0.00336. The predicted molar refractivity (Wildman–Crippen MR) is 101 cm³/mol. The van der Waals surface area contributed by atoms with Gasteiger partial charge in [-0.1, -0.05) is 84.9 Å². The summed E-state index contributed by atoms with van der Waals surface area (Å²) < 4.78 is 6.32. The molecule has 0 bridgehead atoms. The van der Waals surface area contributed by atoms with Crippen LogP contribution in [-0.4, -0.2) is 18.5 Å². The van der Waals surface area contributed by atoms with Gasteiger partial charge in [0.1, 0.15) is 6.23 Å². The Hall–Kier alpha value is -2.42. The van der Waals surface area contributed by atoms with Crippen LogP contribution in [0, 0.1) is 0 Å². The zero-order chi connectivity index (χ0) is 17.1. The van der Waals surface area contributed by atoms with Crippen LogP contribution in [-0.2, 0) is 11.3 Å². The summed E-state index contributed by atoms with van der Waals surface area (Å²) in [6, 6.07) is 29.8. The van der Waals surface area contributed by atoms with E-state index in [1.165, 1.54) is 22.3 Å². The molecule has 25 heavy (non-hydrogen) atoms. The van der Waals surface area contributed by atoms with E-state index in [2.05, 4.69) is 90.8 Å². The van der Waals surface area contributed by atoms with Crippen LogP contribution in [0.5, 0.6) is 0 Å². The highest BCUT2D eigenvalue weighted by atomic mass is 16.5. The quantitative estimate of drug-likeness (QED) is 0.669. The molecular formula is C23H23NO. The third-order valence-electron chi connectivity index (χ3n) is 4.96. The Morgan fingerprint density at radius 3 is 2.12 bits per heavy atom. The lowest BCUT2D eigenvalue weighted by atomic mass is 9.84. The van der Waals surface area contributed by atoms with E-state index < -0.39 is 0 Å². The second-order valence-corrected chi connectivity index (χ2v) is 6.68. The molecule has 3 aromatic carbocycles. The molecule has 2 heteroatoms. The molecule has 4 rings (SSSR count). The molecule has 1 aliphatic rings. The van der Waals surface area contributed by atoms with Crippen molar-refractivity contribution in [1.29, 1.82) is 0 Å². The zero-order valence-corrected chi connectivity index (χ0v) is 14.5. The number of benzene rings is 3. The van der Waals surface area contributed by atoms with Crippen molar-refractivity contribution in [2.24, 2.45) is 0 Å². The summed E-state index contributed by atoms with van der Waals surface area (Å²) in [7, 11) is 2.15. The van der Waals surface area contributed by atoms with Gasteiger partial charge < -0.3 is 4.74 Å². The van der Waals surface area contributed by atoms with Crippen LogP contribution in [0.3, 0.4) is 0 Å². The molecule has 0 fully saturated rings. The lowest BCUT2D eigenvalue weighted by Gasteiger charge is -2.39. The molecule has 3 aromatic rings. The first-order chi connectivity index (χ1) is 12.3. The highest BCUT2D eigenvalue weighted by Crippen LogP contribution is 2.39. The van der Waals surface area contributed by atoms with Gasteiger partial charge in [-0.3, -0.25) is 4.90 Å². The van der Waals surface area contributed by atoms with Crippen molar-refractivity contribution in [3.8, 4) is 0 Å². The van der Waals surface area contributed by atoms with Gasteiger partial charge in [-0.25, -0.2) is 0 Å². The van der Waals surface area contributed by atoms with Crippen LogP contribution in [0.2, 0.25) is 0 Å². The van der Waals surface area contributed by atoms with Crippen molar-refractivity contribution in [2.45, 2.75) is 18.8 Å². The second kappa shape index (κ2) is 7.22. The fourth-order valence-corrected chi connectivity index (χ4v) is 3.71. The van der Waals surface area contributed by atoms with Gasteiger partial charge >= 0.3 is 0 Å². The monoisotopic (exact) mass is 329 g/mol. The Balaban J connectivity index is 1.63. The predicted octanol–water partition coefficient (Wildman–Crippen LogP) is 4.98. The minimum absolute atomic E-state index is 0.00336. The maximum atomic E-state index is 6.32. The van der Waals surface area contributed by atoms with Crippen LogP contribution >= 0.6 is 0 Å². The number of hydrogen-bond acceptors (Lipinski definition) is 2. The Labute approximate surface area is 149 Å². The van der Waals surface area contributed by atoms with E-state index in [0.29, 0.717) is 12.5 Å². The molecule has 0 aliphatic carbocycles. The molecule has 1 heterocycles. The Kier molecular flexibility index (Phi) is 4.64. The molecular weight excluding hydrogens is 306 g/mol. The third-order valence-corrected chi connectivity index (χ3v) is 4.96. The van der Waals surface area contributed by atoms with Gasteiger partial charge in [0.15, 0.2) is 0 Å². The number of fused-ring (bicyclic) bond motifs is 1. The molecule has 2 nitrogen and oxygen atoms in total. The molecule has 0 aromatic heterocycles. The number of likely N-dealkylation sites (N-methyl/N-ethyl adjacent to an activating group) is 1. The van der Waals surface area contributed by atoms with Crippen LogP contribution in [0.4, 0.5) is 0 Å². The van der Waals surface area contributed by atoms with Crippen LogP contribution in [0.25, 0.3) is 0 Å². The highest BCUT2D eigenvalue weighted by Gasteiger charge is 2.32. The van der Waals surface area contributed by atoms with Gasteiger partial charge in [-0.05, 0) is 29.3 Å². The van der Waals surface area contributed by atoms with Crippen molar-refractivity contribution in [2.75, 3.05) is 13.6 Å². The van der Waals surface area contributed by atoms with E-state index in [1.54, 1.807) is 0 Å². The fraction of sp³-hybridized carbons (Fsp3) is 0.217. The van der Waals surface area contributed by atoms with Crippen molar-refractivity contribution < 1.29 is 4.74 Å². The maximum Gasteiger partial charge on any atom is 0.137 e. The minimum Gasteiger partial charge on any atom is -0.354 e. The normalized spacial score (nSPS) is 20.2. The molecule has 0 saturated carbocycles. The highest BCUT2D eigenvalue weighted by molar-refractivity contribution is 5.41. The zero-order valence-electron chi connectivity index (χ0n) is 14.5. The number of hydrogen-bond donors (Lipinski definition) is 0. The van der Waals surface area contributed by atoms with E-state index in [1.807, 2.05) is 6.07 Å². The van der Waals surface area contributed by atoms with E-state index >= 15 is 0 Å². The summed E-state index contributed by atoms with van der Waals surface area (Å²) in [5, 5.41) is 0. The summed E-state index contributed by atoms with van der Waals surface area (Å²) in [6.45, 7) is 1.58. The molecule has 2 atom stereocenters. The summed E-state index contributed by atoms with van der Waals surface area (Å²) in [5.41, 5.74) is 5.23. The number of nitrogens with zero attached hydrogens (tertiary/aromatic N) is 1. The second-order valence-electron chi connectivity index (χ2n) is 6.68. The lowest BCUT2D eigenvalue weighted by molar-refractivity contribution is -0.0680. The SMILES string of the molecule is CN1CC(c2ccccc2)c2ccccc2C1OCc1ccccc1. The Bertz CT molecular complexity index is 816. The molecule has 1 aliphatic heterocycles. The standard InChI is InChI=1S/C23H23NO/c1-24-16-22(19-12-6-3-7-13-19)20-14-8-9-15-21(20)23(24)25-17-18-10-4-2-5-11-18/h2-15,22-23H,16-17H2,1H3. The first-order valence-electron chi connectivity index (χ1n) is 8.82. The number of ether oxygens (including phenoxy) is 1. The lowest BCUT2D eigenvalue weighted by Crippen LogP contribution is -2.36. The fourth-order valence-electron chi connectivity index (χ4n) is 3.71. The van der Waals surface area contributed by atoms with Crippen molar-refractivity contribution in [3.05, 3.63) is 107 Å². The molecule has 0 radical (unpaired) electrons. The molecule has 2 unspecified atom stereocenters. The van der Waals surface area contributed by atoms with Gasteiger partial charge in [0.25, 0.3) is 0 Å². The minimum atomic E-state index is -0.00336. The first kappa shape index (κ1) is 16.1. The van der Waals surface area contributed by atoms with Crippen LogP contribution in [0.1, 0.15) is 34.4 Å². The Morgan fingerprint density at radius 2 is 1.40 bits per heavy atom. The summed E-state index contributed by atoms with van der Waals surface area (Å²) >= 11 is 0. The summed E-state index contributed by atoms with van der Waals surface area (Å²) in [5.74, 6) is 0.388. The van der Waals surface area contributed by atoms with Crippen LogP contribution < -0.4 is 0 Å². The molecule has 0 saturated heterocycles. The van der Waals surface area contributed by atoms with E-state index in [-0.39, 0.29) is 6.23 Å². The maximum absolute atomic E-state index is 6.32. The van der Waals surface area contributed by atoms with Crippen LogP contribution in [0.15, 0.2) is 84.9 Å². The molecule has 0 N–H and O–H groups in total. The van der Waals surface area contributed by atoms with E-state index in [4.69, 9.17) is 4.74 Å². The van der Waals surface area contributed by atoms with E-state index in [9.17, 15) is 0 Å². The topological polar surface area (TPSA) is 12.5 Å². The first-order valence-corrected chi connectivity index (χ1v) is 8.82. The molecule has 0 spiro atoms. The van der Waals surface area contributed by atoms with Gasteiger partial charge in [0.05, 0.1) is 6.61 Å². The smallest absolute Gasteiger partial charge is 0.137 e. The van der Waals surface area contributed by atoms with Crippen molar-refractivity contribution in [3.63, 3.8) is 0 Å². The molecule has 126 valence electrons. The van der Waals surface area contributed by atoms with Gasteiger partial charge in [0, 0.05) is 12.5 Å².